The Kier molecular flexibility index (Phi) is 5.69. The Morgan fingerprint density at radius 3 is 2.58 bits per heavy atom. The molecule has 1 atom stereocenters. The zero-order valence-electron chi connectivity index (χ0n) is 15.1. The Morgan fingerprint density at radius 1 is 1.12 bits per heavy atom. The number of piperidine rings is 1. The molecule has 1 saturated heterocycles. The third-order valence-corrected chi connectivity index (χ3v) is 5.21. The molecule has 2 fully saturated rings. The van der Waals surface area contributed by atoms with Gasteiger partial charge in [-0.1, -0.05) is 32.6 Å². The summed E-state index contributed by atoms with van der Waals surface area (Å²) in [5, 5.41) is 3.55. The van der Waals surface area contributed by atoms with Crippen molar-refractivity contribution in [1.82, 2.24) is 14.9 Å². The Bertz CT molecular complexity index is 566. The molecule has 5 heteroatoms. The van der Waals surface area contributed by atoms with Crippen molar-refractivity contribution in [1.29, 1.82) is 0 Å². The minimum absolute atomic E-state index is 0.0518. The Balaban J connectivity index is 1.71. The van der Waals surface area contributed by atoms with Gasteiger partial charge in [0.25, 0.3) is 5.91 Å². The van der Waals surface area contributed by atoms with E-state index in [-0.39, 0.29) is 5.91 Å². The zero-order chi connectivity index (χ0) is 16.9. The molecule has 0 radical (unpaired) electrons. The maximum absolute atomic E-state index is 12.8. The summed E-state index contributed by atoms with van der Waals surface area (Å²) in [6.07, 6.45) is 9.89. The molecular formula is C19H30N4O. The number of carbonyl (C=O) groups excluding carboxylic acids is 1. The number of aryl methyl sites for hydroxylation is 1. The van der Waals surface area contributed by atoms with Crippen LogP contribution in [0.1, 0.15) is 74.6 Å². The fourth-order valence-electron chi connectivity index (χ4n) is 3.92. The van der Waals surface area contributed by atoms with E-state index < -0.39 is 0 Å². The van der Waals surface area contributed by atoms with Gasteiger partial charge in [0.2, 0.25) is 0 Å². The molecule has 2 heterocycles. The first-order valence-electron chi connectivity index (χ1n) is 9.53. The third-order valence-electron chi connectivity index (χ3n) is 5.21. The van der Waals surface area contributed by atoms with Crippen molar-refractivity contribution in [2.75, 3.05) is 18.4 Å². The molecule has 1 aromatic heterocycles. The molecule has 2 aliphatic rings. The molecule has 5 nitrogen and oxygen atoms in total. The fraction of sp³-hybridized carbons (Fsp3) is 0.737. The number of carbonyl (C=O) groups is 1. The highest BCUT2D eigenvalue weighted by Crippen LogP contribution is 2.22. The van der Waals surface area contributed by atoms with Gasteiger partial charge in [-0.3, -0.25) is 4.79 Å². The summed E-state index contributed by atoms with van der Waals surface area (Å²) in [6.45, 7) is 5.77. The van der Waals surface area contributed by atoms with Gasteiger partial charge in [0.1, 0.15) is 17.3 Å². The van der Waals surface area contributed by atoms with Crippen molar-refractivity contribution in [2.45, 2.75) is 71.3 Å². The quantitative estimate of drug-likeness (QED) is 0.857. The van der Waals surface area contributed by atoms with Crippen LogP contribution in [0.5, 0.6) is 0 Å². The Hall–Kier alpha value is -1.65. The second-order valence-corrected chi connectivity index (χ2v) is 7.52. The number of rotatable bonds is 3. The van der Waals surface area contributed by atoms with E-state index in [1.165, 1.54) is 44.9 Å². The summed E-state index contributed by atoms with van der Waals surface area (Å²) >= 11 is 0. The first-order valence-corrected chi connectivity index (χ1v) is 9.53. The van der Waals surface area contributed by atoms with Crippen molar-refractivity contribution in [3.05, 3.63) is 17.6 Å². The predicted molar refractivity (Wildman–Crippen MR) is 96.2 cm³/mol. The smallest absolute Gasteiger partial charge is 0.272 e. The number of likely N-dealkylation sites (tertiary alicyclic amines) is 1. The summed E-state index contributed by atoms with van der Waals surface area (Å²) in [6, 6.07) is 2.32. The molecule has 1 aromatic rings. The molecule has 1 unspecified atom stereocenters. The SMILES string of the molecule is Cc1nc(NC2CCCCCC2)cc(C(=O)N2CCCC(C)C2)n1. The van der Waals surface area contributed by atoms with Crippen LogP contribution in [0.2, 0.25) is 0 Å². The number of anilines is 1. The molecule has 1 aliphatic heterocycles. The van der Waals surface area contributed by atoms with Gasteiger partial charge in [0, 0.05) is 25.2 Å². The number of amides is 1. The zero-order valence-corrected chi connectivity index (χ0v) is 15.1. The summed E-state index contributed by atoms with van der Waals surface area (Å²) in [5.74, 6) is 2.11. The minimum Gasteiger partial charge on any atom is -0.367 e. The van der Waals surface area contributed by atoms with E-state index in [2.05, 4.69) is 22.2 Å². The van der Waals surface area contributed by atoms with E-state index in [9.17, 15) is 4.79 Å². The van der Waals surface area contributed by atoms with Crippen LogP contribution in [-0.4, -0.2) is 39.9 Å². The number of hydrogen-bond acceptors (Lipinski definition) is 4. The van der Waals surface area contributed by atoms with Crippen LogP contribution in [0.25, 0.3) is 0 Å². The standard InChI is InChI=1S/C19H30N4O/c1-14-8-7-11-23(13-14)19(24)17-12-18(21-15(2)20-17)22-16-9-5-3-4-6-10-16/h12,14,16H,3-11,13H2,1-2H3,(H,20,21,22). The Labute approximate surface area is 145 Å². The van der Waals surface area contributed by atoms with Crippen LogP contribution in [-0.2, 0) is 0 Å². The first-order chi connectivity index (χ1) is 11.6. The van der Waals surface area contributed by atoms with E-state index >= 15 is 0 Å². The highest BCUT2D eigenvalue weighted by molar-refractivity contribution is 5.93. The molecule has 24 heavy (non-hydrogen) atoms. The van der Waals surface area contributed by atoms with Gasteiger partial charge in [-0.25, -0.2) is 9.97 Å². The lowest BCUT2D eigenvalue weighted by Gasteiger charge is -2.30. The topological polar surface area (TPSA) is 58.1 Å². The summed E-state index contributed by atoms with van der Waals surface area (Å²) < 4.78 is 0. The van der Waals surface area contributed by atoms with E-state index in [1.807, 2.05) is 17.9 Å². The highest BCUT2D eigenvalue weighted by atomic mass is 16.2. The van der Waals surface area contributed by atoms with Gasteiger partial charge in [0.15, 0.2) is 0 Å². The van der Waals surface area contributed by atoms with Crippen LogP contribution < -0.4 is 5.32 Å². The van der Waals surface area contributed by atoms with Crippen LogP contribution in [0, 0.1) is 12.8 Å². The third kappa shape index (κ3) is 4.46. The summed E-state index contributed by atoms with van der Waals surface area (Å²) in [5.41, 5.74) is 0.535. The highest BCUT2D eigenvalue weighted by Gasteiger charge is 2.24. The molecule has 1 aliphatic carbocycles. The van der Waals surface area contributed by atoms with E-state index in [0.717, 1.165) is 25.3 Å². The average Bonchev–Trinajstić information content (AvgIpc) is 2.82. The van der Waals surface area contributed by atoms with Gasteiger partial charge < -0.3 is 10.2 Å². The molecule has 0 bridgehead atoms. The number of nitrogens with zero attached hydrogens (tertiary/aromatic N) is 3. The second-order valence-electron chi connectivity index (χ2n) is 7.52. The maximum atomic E-state index is 12.8. The van der Waals surface area contributed by atoms with E-state index in [4.69, 9.17) is 0 Å². The van der Waals surface area contributed by atoms with Gasteiger partial charge >= 0.3 is 0 Å². The largest absolute Gasteiger partial charge is 0.367 e. The Morgan fingerprint density at radius 2 is 1.88 bits per heavy atom. The average molecular weight is 330 g/mol. The molecule has 0 aromatic carbocycles. The number of nitrogens with one attached hydrogen (secondary N) is 1. The monoisotopic (exact) mass is 330 g/mol. The van der Waals surface area contributed by atoms with Gasteiger partial charge in [-0.05, 0) is 38.5 Å². The van der Waals surface area contributed by atoms with Crippen LogP contribution in [0.4, 0.5) is 5.82 Å². The molecule has 1 saturated carbocycles. The van der Waals surface area contributed by atoms with Gasteiger partial charge in [-0.15, -0.1) is 0 Å². The minimum atomic E-state index is 0.0518. The van der Waals surface area contributed by atoms with Crippen molar-refractivity contribution >= 4 is 11.7 Å². The van der Waals surface area contributed by atoms with Crippen molar-refractivity contribution < 1.29 is 4.79 Å². The van der Waals surface area contributed by atoms with Gasteiger partial charge in [0.05, 0.1) is 0 Å². The number of aromatic nitrogens is 2. The lowest BCUT2D eigenvalue weighted by molar-refractivity contribution is 0.0676. The van der Waals surface area contributed by atoms with Gasteiger partial charge in [-0.2, -0.15) is 0 Å². The predicted octanol–water partition coefficient (Wildman–Crippen LogP) is 3.79. The molecule has 1 amide bonds. The lowest BCUT2D eigenvalue weighted by atomic mass is 10.00. The van der Waals surface area contributed by atoms with Crippen molar-refractivity contribution in [3.63, 3.8) is 0 Å². The maximum Gasteiger partial charge on any atom is 0.272 e. The van der Waals surface area contributed by atoms with E-state index in [0.29, 0.717) is 23.5 Å². The number of hydrogen-bond donors (Lipinski definition) is 1. The summed E-state index contributed by atoms with van der Waals surface area (Å²) in [4.78, 5) is 23.7. The molecule has 0 spiro atoms. The van der Waals surface area contributed by atoms with Crippen LogP contribution in [0.15, 0.2) is 6.07 Å². The molecule has 3 rings (SSSR count). The molecule has 132 valence electrons. The normalized spacial score (nSPS) is 22.9. The summed E-state index contributed by atoms with van der Waals surface area (Å²) in [7, 11) is 0. The molecule has 1 N–H and O–H groups in total. The van der Waals surface area contributed by atoms with Crippen molar-refractivity contribution in [2.24, 2.45) is 5.92 Å². The van der Waals surface area contributed by atoms with Crippen LogP contribution in [0.3, 0.4) is 0 Å². The van der Waals surface area contributed by atoms with Crippen LogP contribution >= 0.6 is 0 Å². The van der Waals surface area contributed by atoms with E-state index in [1.54, 1.807) is 0 Å². The lowest BCUT2D eigenvalue weighted by Crippen LogP contribution is -2.39. The molecular weight excluding hydrogens is 300 g/mol. The van der Waals surface area contributed by atoms with Crippen molar-refractivity contribution in [3.8, 4) is 0 Å². The second kappa shape index (κ2) is 7.95. The fourth-order valence-corrected chi connectivity index (χ4v) is 3.92. The first kappa shape index (κ1) is 17.2.